The van der Waals surface area contributed by atoms with Crippen molar-refractivity contribution in [1.82, 2.24) is 10.3 Å². The molecule has 0 aliphatic rings. The Kier molecular flexibility index (Phi) is 6.74. The van der Waals surface area contributed by atoms with Crippen molar-refractivity contribution in [2.75, 3.05) is 32.7 Å². The molecule has 22 heavy (non-hydrogen) atoms. The van der Waals surface area contributed by atoms with Crippen LogP contribution in [0.2, 0.25) is 0 Å². The highest BCUT2D eigenvalue weighted by atomic mass is 16.5. The van der Waals surface area contributed by atoms with Gasteiger partial charge in [-0.05, 0) is 50.3 Å². The molecule has 118 valence electrons. The molecule has 0 bridgehead atoms. The van der Waals surface area contributed by atoms with Gasteiger partial charge < -0.3 is 15.1 Å². The van der Waals surface area contributed by atoms with Crippen molar-refractivity contribution >= 4 is 5.69 Å². The third-order valence-electron chi connectivity index (χ3n) is 3.22. The maximum atomic E-state index is 5.79. The number of rotatable bonds is 9. The zero-order valence-electron chi connectivity index (χ0n) is 13.4. The maximum absolute atomic E-state index is 5.79. The maximum Gasteiger partial charge on any atom is 0.119 e. The van der Waals surface area contributed by atoms with Crippen molar-refractivity contribution in [3.05, 3.63) is 60.2 Å². The Morgan fingerprint density at radius 2 is 1.82 bits per heavy atom. The molecule has 0 aliphatic carbocycles. The quantitative estimate of drug-likeness (QED) is 0.551. The van der Waals surface area contributed by atoms with E-state index in [0.717, 1.165) is 37.6 Å². The molecule has 0 spiro atoms. The summed E-state index contributed by atoms with van der Waals surface area (Å²) >= 11 is 0. The molecule has 0 aliphatic heterocycles. The van der Waals surface area contributed by atoms with Gasteiger partial charge in [-0.2, -0.15) is 0 Å². The van der Waals surface area contributed by atoms with Gasteiger partial charge in [0.2, 0.25) is 0 Å². The highest BCUT2D eigenvalue weighted by molar-refractivity contribution is 5.41. The van der Waals surface area contributed by atoms with E-state index in [1.54, 1.807) is 0 Å². The number of nitrogens with one attached hydrogen (secondary N) is 2. The SMILES string of the molecule is CN(C)CCCOc1cccc(CNNc2ccccc2)c1. The number of hydrazine groups is 1. The molecule has 0 saturated carbocycles. The molecular formula is C18H25N3O. The van der Waals surface area contributed by atoms with Crippen molar-refractivity contribution < 1.29 is 4.74 Å². The van der Waals surface area contributed by atoms with E-state index in [1.165, 1.54) is 5.56 Å². The summed E-state index contributed by atoms with van der Waals surface area (Å²) in [5, 5.41) is 0. The van der Waals surface area contributed by atoms with Crippen LogP contribution in [0.25, 0.3) is 0 Å². The Morgan fingerprint density at radius 1 is 1.00 bits per heavy atom. The van der Waals surface area contributed by atoms with Crippen LogP contribution in [0, 0.1) is 0 Å². The van der Waals surface area contributed by atoms with Gasteiger partial charge in [0.05, 0.1) is 6.61 Å². The first-order valence-corrected chi connectivity index (χ1v) is 7.64. The highest BCUT2D eigenvalue weighted by Crippen LogP contribution is 2.13. The van der Waals surface area contributed by atoms with Crippen LogP contribution in [-0.4, -0.2) is 32.1 Å². The fraction of sp³-hybridized carbons (Fsp3) is 0.333. The molecule has 0 amide bonds. The minimum Gasteiger partial charge on any atom is -0.494 e. The minimum absolute atomic E-state index is 0.740. The number of anilines is 1. The van der Waals surface area contributed by atoms with E-state index in [-0.39, 0.29) is 0 Å². The largest absolute Gasteiger partial charge is 0.494 e. The van der Waals surface area contributed by atoms with Crippen molar-refractivity contribution in [1.29, 1.82) is 0 Å². The summed E-state index contributed by atoms with van der Waals surface area (Å²) in [6, 6.07) is 18.3. The second-order valence-corrected chi connectivity index (χ2v) is 5.50. The lowest BCUT2D eigenvalue weighted by Gasteiger charge is -2.12. The molecule has 2 rings (SSSR count). The van der Waals surface area contributed by atoms with Crippen molar-refractivity contribution in [2.45, 2.75) is 13.0 Å². The molecule has 0 atom stereocenters. The zero-order chi connectivity index (χ0) is 15.6. The average Bonchev–Trinajstić information content (AvgIpc) is 2.53. The Hall–Kier alpha value is -2.04. The smallest absolute Gasteiger partial charge is 0.119 e. The summed E-state index contributed by atoms with van der Waals surface area (Å²) in [4.78, 5) is 2.17. The van der Waals surface area contributed by atoms with E-state index >= 15 is 0 Å². The number of para-hydroxylation sites is 1. The third-order valence-corrected chi connectivity index (χ3v) is 3.22. The van der Waals surface area contributed by atoms with Gasteiger partial charge in [-0.3, -0.25) is 0 Å². The second kappa shape index (κ2) is 9.07. The predicted molar refractivity (Wildman–Crippen MR) is 92.0 cm³/mol. The van der Waals surface area contributed by atoms with Gasteiger partial charge >= 0.3 is 0 Å². The predicted octanol–water partition coefficient (Wildman–Crippen LogP) is 3.13. The Balaban J connectivity index is 1.74. The van der Waals surface area contributed by atoms with Crippen LogP contribution in [0.5, 0.6) is 5.75 Å². The third kappa shape index (κ3) is 6.16. The molecular weight excluding hydrogens is 274 g/mol. The van der Waals surface area contributed by atoms with Crippen LogP contribution in [0.15, 0.2) is 54.6 Å². The lowest BCUT2D eigenvalue weighted by molar-refractivity contribution is 0.281. The van der Waals surface area contributed by atoms with Gasteiger partial charge in [0.1, 0.15) is 5.75 Å². The van der Waals surface area contributed by atoms with Gasteiger partial charge in [-0.25, -0.2) is 5.43 Å². The Bertz CT molecular complexity index is 543. The van der Waals surface area contributed by atoms with E-state index in [4.69, 9.17) is 4.74 Å². The first-order valence-electron chi connectivity index (χ1n) is 7.64. The molecule has 0 aromatic heterocycles. The monoisotopic (exact) mass is 299 g/mol. The molecule has 2 aromatic rings. The fourth-order valence-electron chi connectivity index (χ4n) is 2.09. The van der Waals surface area contributed by atoms with Gasteiger partial charge in [0.15, 0.2) is 0 Å². The normalized spacial score (nSPS) is 10.7. The van der Waals surface area contributed by atoms with Crippen LogP contribution >= 0.6 is 0 Å². The van der Waals surface area contributed by atoms with Gasteiger partial charge in [-0.15, -0.1) is 0 Å². The number of hydrogen-bond acceptors (Lipinski definition) is 4. The van der Waals surface area contributed by atoms with Crippen LogP contribution < -0.4 is 15.6 Å². The standard InChI is InChI=1S/C18H25N3O/c1-21(2)12-7-13-22-18-11-6-8-16(14-18)15-19-20-17-9-4-3-5-10-17/h3-6,8-11,14,19-20H,7,12-13,15H2,1-2H3. The van der Waals surface area contributed by atoms with Gasteiger partial charge in [-0.1, -0.05) is 30.3 Å². The van der Waals surface area contributed by atoms with Crippen LogP contribution in [0.1, 0.15) is 12.0 Å². The highest BCUT2D eigenvalue weighted by Gasteiger charge is 1.98. The first kappa shape index (κ1) is 16.3. The van der Waals surface area contributed by atoms with Crippen LogP contribution in [-0.2, 0) is 6.54 Å². The first-order chi connectivity index (χ1) is 10.7. The molecule has 0 heterocycles. The van der Waals surface area contributed by atoms with E-state index in [1.807, 2.05) is 42.5 Å². The van der Waals surface area contributed by atoms with Crippen molar-refractivity contribution in [3.63, 3.8) is 0 Å². The molecule has 0 fully saturated rings. The number of ether oxygens (including phenoxy) is 1. The van der Waals surface area contributed by atoms with Crippen LogP contribution in [0.3, 0.4) is 0 Å². The summed E-state index contributed by atoms with van der Waals surface area (Å²) in [6.45, 7) is 2.53. The van der Waals surface area contributed by atoms with Gasteiger partial charge in [0, 0.05) is 18.8 Å². The Morgan fingerprint density at radius 3 is 2.59 bits per heavy atom. The van der Waals surface area contributed by atoms with E-state index in [0.29, 0.717) is 0 Å². The second-order valence-electron chi connectivity index (χ2n) is 5.50. The molecule has 4 heteroatoms. The minimum atomic E-state index is 0.740. The summed E-state index contributed by atoms with van der Waals surface area (Å²) in [5.41, 5.74) is 8.64. The molecule has 0 radical (unpaired) electrons. The number of benzene rings is 2. The van der Waals surface area contributed by atoms with Crippen molar-refractivity contribution in [3.8, 4) is 5.75 Å². The van der Waals surface area contributed by atoms with Gasteiger partial charge in [0.25, 0.3) is 0 Å². The van der Waals surface area contributed by atoms with E-state index < -0.39 is 0 Å². The zero-order valence-corrected chi connectivity index (χ0v) is 13.4. The number of nitrogens with zero attached hydrogens (tertiary/aromatic N) is 1. The summed E-state index contributed by atoms with van der Waals surface area (Å²) in [6.07, 6.45) is 1.03. The summed E-state index contributed by atoms with van der Waals surface area (Å²) < 4.78 is 5.79. The lowest BCUT2D eigenvalue weighted by Crippen LogP contribution is -2.20. The molecule has 2 N–H and O–H groups in total. The van der Waals surface area contributed by atoms with Crippen molar-refractivity contribution in [2.24, 2.45) is 0 Å². The molecule has 0 unspecified atom stereocenters. The van der Waals surface area contributed by atoms with Crippen LogP contribution in [0.4, 0.5) is 5.69 Å². The summed E-state index contributed by atoms with van der Waals surface area (Å²) in [7, 11) is 4.15. The summed E-state index contributed by atoms with van der Waals surface area (Å²) in [5.74, 6) is 0.928. The lowest BCUT2D eigenvalue weighted by atomic mass is 10.2. The average molecular weight is 299 g/mol. The fourth-order valence-corrected chi connectivity index (χ4v) is 2.09. The Labute approximate surface area is 133 Å². The molecule has 2 aromatic carbocycles. The topological polar surface area (TPSA) is 36.5 Å². The van der Waals surface area contributed by atoms with E-state index in [9.17, 15) is 0 Å². The molecule has 0 saturated heterocycles. The number of hydrogen-bond donors (Lipinski definition) is 2. The molecule has 4 nitrogen and oxygen atoms in total. The van der Waals surface area contributed by atoms with E-state index in [2.05, 4.69) is 42.0 Å².